The van der Waals surface area contributed by atoms with Gasteiger partial charge in [0.25, 0.3) is 11.8 Å². The van der Waals surface area contributed by atoms with Gasteiger partial charge in [-0.15, -0.1) is 20.4 Å². The van der Waals surface area contributed by atoms with Gasteiger partial charge in [-0.3, -0.25) is 5.73 Å². The van der Waals surface area contributed by atoms with Crippen molar-refractivity contribution in [2.24, 2.45) is 0 Å². The molecule has 2 aliphatic heterocycles. The third-order valence-corrected chi connectivity index (χ3v) is 18.2. The van der Waals surface area contributed by atoms with Gasteiger partial charge >= 0.3 is 5.82 Å². The zero-order chi connectivity index (χ0) is 54.4. The van der Waals surface area contributed by atoms with Crippen LogP contribution in [0.1, 0.15) is 43.7 Å². The van der Waals surface area contributed by atoms with Gasteiger partial charge in [-0.25, -0.2) is 45.1 Å². The summed E-state index contributed by atoms with van der Waals surface area (Å²) in [5, 5.41) is 22.2. The third kappa shape index (κ3) is 12.1. The van der Waals surface area contributed by atoms with E-state index in [-0.39, 0.29) is 75.5 Å². The van der Waals surface area contributed by atoms with Crippen molar-refractivity contribution < 1.29 is 48.5 Å². The highest BCUT2D eigenvalue weighted by atomic mass is 32.2. The molecule has 8 aromatic rings. The molecule has 2 unspecified atom stereocenters. The molecule has 2 fully saturated rings. The molecule has 406 valence electrons. The van der Waals surface area contributed by atoms with Crippen LogP contribution >= 0.6 is 0 Å². The molecule has 6 N–H and O–H groups in total. The lowest BCUT2D eigenvalue weighted by Gasteiger charge is -2.22. The molecule has 0 radical (unpaired) electrons. The molecule has 4 aromatic heterocycles. The summed E-state index contributed by atoms with van der Waals surface area (Å²) in [6.45, 7) is 3.40. The number of alkyl halides is 2. The van der Waals surface area contributed by atoms with E-state index in [4.69, 9.17) is 34.8 Å². The van der Waals surface area contributed by atoms with Crippen molar-refractivity contribution in [1.82, 2.24) is 46.0 Å². The van der Waals surface area contributed by atoms with E-state index in [1.54, 1.807) is 73.8 Å². The van der Waals surface area contributed by atoms with Gasteiger partial charge in [-0.1, -0.05) is 48.5 Å². The third-order valence-electron chi connectivity index (χ3n) is 13.7. The molecular formula is C54H57F2N12O8S2+. The van der Waals surface area contributed by atoms with Crippen LogP contribution in [0.2, 0.25) is 0 Å². The van der Waals surface area contributed by atoms with E-state index in [0.29, 0.717) is 98.8 Å². The molecule has 2 atom stereocenters. The number of anilines is 2. The van der Waals surface area contributed by atoms with E-state index < -0.39 is 43.0 Å². The van der Waals surface area contributed by atoms with Crippen LogP contribution in [0.5, 0.6) is 0 Å². The fourth-order valence-electron chi connectivity index (χ4n) is 9.09. The number of sulfone groups is 2. The minimum atomic E-state index is -3.61. The first-order valence-corrected chi connectivity index (χ1v) is 28.5. The monoisotopic (exact) mass is 1100 g/mol. The zero-order valence-electron chi connectivity index (χ0n) is 42.5. The van der Waals surface area contributed by atoms with Gasteiger partial charge in [0.05, 0.1) is 32.2 Å². The molecule has 0 bridgehead atoms. The van der Waals surface area contributed by atoms with E-state index in [9.17, 15) is 21.2 Å². The molecule has 4 aromatic carbocycles. The molecule has 0 aliphatic carbocycles. The largest absolute Gasteiger partial charge is 0.414 e. The molecule has 24 heteroatoms. The Labute approximate surface area is 448 Å². The van der Waals surface area contributed by atoms with E-state index in [1.165, 1.54) is 10.8 Å². The molecule has 6 heterocycles. The summed E-state index contributed by atoms with van der Waals surface area (Å²) in [7, 11) is -7.13. The van der Waals surface area contributed by atoms with Gasteiger partial charge in [-0.05, 0) is 92.3 Å². The van der Waals surface area contributed by atoms with Gasteiger partial charge in [0, 0.05) is 74.4 Å². The Morgan fingerprint density at radius 2 is 1.09 bits per heavy atom. The van der Waals surface area contributed by atoms with Crippen molar-refractivity contribution >= 4 is 31.3 Å². The summed E-state index contributed by atoms with van der Waals surface area (Å²) in [5.41, 5.74) is 18.1. The van der Waals surface area contributed by atoms with E-state index >= 15 is 4.39 Å². The first-order chi connectivity index (χ1) is 37.7. The lowest BCUT2D eigenvalue weighted by Crippen LogP contribution is -2.44. The lowest BCUT2D eigenvalue weighted by molar-refractivity contribution is -0.687. The zero-order valence-corrected chi connectivity index (χ0v) is 44.1. The number of nitrogens with zero attached hydrogens (tertiary/aromatic N) is 8. The molecule has 78 heavy (non-hydrogen) atoms. The second-order valence-corrected chi connectivity index (χ2v) is 23.6. The van der Waals surface area contributed by atoms with Gasteiger partial charge in [-0.2, -0.15) is 0 Å². The van der Waals surface area contributed by atoms with E-state index in [1.807, 2.05) is 36.4 Å². The molecular weight excluding hydrogens is 1050 g/mol. The van der Waals surface area contributed by atoms with Gasteiger partial charge in [0.15, 0.2) is 31.2 Å². The Hall–Kier alpha value is -7.48. The highest BCUT2D eigenvalue weighted by molar-refractivity contribution is 7.92. The minimum Gasteiger partial charge on any atom is -0.414 e. The number of hydrogen-bond acceptors (Lipinski definition) is 19. The predicted molar refractivity (Wildman–Crippen MR) is 285 cm³/mol. The standard InChI is InChI=1S/C54H56F2N12O8S2/c1-33(26-55)60-28-35-4-8-39(9-5-35)52-65-67-54(76-52)48-50(58)68(32-46(63-48)37-12-16-42(17-13-37)78(71,72)44-20-24-74-25-21-44)31-40(56)29-59-27-34-2-6-38(7-3-34)51-64-66-53(75-51)47-49(57)61-30-45(62-47)36-10-14-41(15-11-36)77(69,70)43-18-22-73-23-19-43/h2-17,30,32-33,40,43-44,58-60H,18-29,31H2,1H3,(H2,57,61,66)/p+1. The second-order valence-electron chi connectivity index (χ2n) is 19.1. The highest BCUT2D eigenvalue weighted by Crippen LogP contribution is 2.32. The van der Waals surface area contributed by atoms with E-state index in [0.717, 1.165) is 11.1 Å². The predicted octanol–water partition coefficient (Wildman–Crippen LogP) is 6.57. The topological polar surface area (TPSA) is 283 Å². The molecule has 0 spiro atoms. The molecule has 2 saturated heterocycles. The summed E-state index contributed by atoms with van der Waals surface area (Å²) in [4.78, 5) is 14.1. The smallest absolute Gasteiger partial charge is 0.304 e. The Morgan fingerprint density at radius 3 is 1.62 bits per heavy atom. The van der Waals surface area contributed by atoms with Crippen molar-refractivity contribution in [3.05, 3.63) is 121 Å². The Balaban J connectivity index is 0.807. The van der Waals surface area contributed by atoms with Crippen LogP contribution in [0, 0.1) is 0 Å². The number of benzene rings is 4. The first kappa shape index (κ1) is 53.9. The van der Waals surface area contributed by atoms with Crippen LogP contribution in [0.25, 0.3) is 68.6 Å². The summed E-state index contributed by atoms with van der Waals surface area (Å²) in [5.74, 6) is 0.539. The number of aromatic nitrogens is 8. The second kappa shape index (κ2) is 23.6. The summed E-state index contributed by atoms with van der Waals surface area (Å²) < 4.78 is 107. The quantitative estimate of drug-likeness (QED) is 0.0587. The maximum absolute atomic E-state index is 16.1. The van der Waals surface area contributed by atoms with Crippen molar-refractivity contribution in [3.63, 3.8) is 0 Å². The summed E-state index contributed by atoms with van der Waals surface area (Å²) >= 11 is 0. The number of rotatable bonds is 20. The number of nitrogens with one attached hydrogen (secondary N) is 2. The first-order valence-electron chi connectivity index (χ1n) is 25.4. The Morgan fingerprint density at radius 1 is 0.628 bits per heavy atom. The van der Waals surface area contributed by atoms with Crippen LogP contribution in [0.15, 0.2) is 128 Å². The number of hydrogen-bond donors (Lipinski definition) is 4. The van der Waals surface area contributed by atoms with Crippen LogP contribution in [-0.4, -0.2) is 115 Å². The van der Waals surface area contributed by atoms with Crippen molar-refractivity contribution in [1.29, 1.82) is 0 Å². The Kier molecular flexibility index (Phi) is 16.3. The van der Waals surface area contributed by atoms with E-state index in [2.05, 4.69) is 41.0 Å². The lowest BCUT2D eigenvalue weighted by atomic mass is 10.1. The van der Waals surface area contributed by atoms with Gasteiger partial charge < -0.3 is 34.7 Å². The number of halogens is 2. The fourth-order valence-corrected chi connectivity index (χ4v) is 12.5. The van der Waals surface area contributed by atoms with Crippen LogP contribution in [-0.2, 0) is 48.8 Å². The van der Waals surface area contributed by atoms with Crippen molar-refractivity contribution in [2.75, 3.05) is 51.1 Å². The summed E-state index contributed by atoms with van der Waals surface area (Å²) in [6, 6.07) is 27.2. The molecule has 0 saturated carbocycles. The molecule has 10 rings (SSSR count). The maximum atomic E-state index is 16.1. The number of nitrogen functional groups attached to an aromatic ring is 2. The Bertz CT molecular complexity index is 3580. The van der Waals surface area contributed by atoms with Crippen LogP contribution < -0.4 is 26.7 Å². The van der Waals surface area contributed by atoms with Gasteiger partial charge in [0.1, 0.15) is 31.3 Å². The van der Waals surface area contributed by atoms with Crippen molar-refractivity contribution in [3.8, 4) is 68.6 Å². The molecule has 0 amide bonds. The van der Waals surface area contributed by atoms with Crippen LogP contribution in [0.4, 0.5) is 20.4 Å². The maximum Gasteiger partial charge on any atom is 0.304 e. The number of nitrogens with two attached hydrogens (primary N) is 2. The SMILES string of the molecule is CC(CF)NCc1ccc(-c2nnc(-c3nc(-c4ccc(S(=O)(=O)C5CCOCC5)cc4)c[n+](CC(F)CNCc4ccc(-c5nnc(-c6nc(-c7ccc(S(=O)(=O)C8CCOCC8)cc7)cnc6N)o5)cc4)c3N)o2)cc1. The normalized spacial score (nSPS) is 15.6. The highest BCUT2D eigenvalue weighted by Gasteiger charge is 2.32. The minimum absolute atomic E-state index is 0.0131. The summed E-state index contributed by atoms with van der Waals surface area (Å²) in [6.07, 6.45) is 3.36. The number of ether oxygens (including phenoxy) is 2. The average molecular weight is 1100 g/mol. The fraction of sp³-hybridized carbons (Fsp3) is 0.333. The van der Waals surface area contributed by atoms with Gasteiger partial charge in [0.2, 0.25) is 17.5 Å². The molecule has 2 aliphatic rings. The van der Waals surface area contributed by atoms with Crippen molar-refractivity contribution in [2.45, 2.75) is 84.7 Å². The van der Waals surface area contributed by atoms with Crippen LogP contribution in [0.3, 0.4) is 0 Å². The average Bonchev–Trinajstić information content (AvgIpc) is 4.22. The molecule has 20 nitrogen and oxygen atoms in total.